The Labute approximate surface area is 184 Å². The van der Waals surface area contributed by atoms with Crippen molar-refractivity contribution >= 4 is 23.5 Å². The van der Waals surface area contributed by atoms with Crippen LogP contribution in [0.1, 0.15) is 38.3 Å². The first-order chi connectivity index (χ1) is 14.6. The molecule has 166 valence electrons. The molecular formula is C22H34ClN5O2. The van der Waals surface area contributed by atoms with E-state index in [-0.39, 0.29) is 18.0 Å². The SMILES string of the molecule is CCNC(=NCC(c1cccc(Cl)c1)N1CCOCC1)NC1CCN(C(=O)CC)C1. The summed E-state index contributed by atoms with van der Waals surface area (Å²) in [4.78, 5) is 21.2. The van der Waals surface area contributed by atoms with E-state index in [1.165, 1.54) is 5.56 Å². The van der Waals surface area contributed by atoms with Crippen LogP contribution in [0.3, 0.4) is 0 Å². The Kier molecular flexibility index (Phi) is 8.78. The largest absolute Gasteiger partial charge is 0.379 e. The van der Waals surface area contributed by atoms with Crippen molar-refractivity contribution < 1.29 is 9.53 Å². The molecule has 30 heavy (non-hydrogen) atoms. The molecule has 2 heterocycles. The predicted octanol–water partition coefficient (Wildman–Crippen LogP) is 2.28. The number of ether oxygens (including phenoxy) is 1. The van der Waals surface area contributed by atoms with Gasteiger partial charge in [-0.05, 0) is 31.0 Å². The number of amides is 1. The Morgan fingerprint density at radius 2 is 2.10 bits per heavy atom. The van der Waals surface area contributed by atoms with Crippen LogP contribution in [0.15, 0.2) is 29.3 Å². The summed E-state index contributed by atoms with van der Waals surface area (Å²) in [5, 5.41) is 7.62. The quantitative estimate of drug-likeness (QED) is 0.508. The number of hydrogen-bond donors (Lipinski definition) is 2. The van der Waals surface area contributed by atoms with E-state index >= 15 is 0 Å². The van der Waals surface area contributed by atoms with Gasteiger partial charge in [0.05, 0.1) is 25.8 Å². The van der Waals surface area contributed by atoms with Crippen molar-refractivity contribution in [3.63, 3.8) is 0 Å². The first kappa shape index (κ1) is 22.8. The topological polar surface area (TPSA) is 69.2 Å². The van der Waals surface area contributed by atoms with Gasteiger partial charge in [0, 0.05) is 50.2 Å². The number of benzene rings is 1. The van der Waals surface area contributed by atoms with Crippen LogP contribution in [0, 0.1) is 0 Å². The lowest BCUT2D eigenvalue weighted by Gasteiger charge is -2.34. The van der Waals surface area contributed by atoms with E-state index in [4.69, 9.17) is 21.3 Å². The van der Waals surface area contributed by atoms with Gasteiger partial charge in [-0.2, -0.15) is 0 Å². The smallest absolute Gasteiger partial charge is 0.222 e. The number of carbonyl (C=O) groups is 1. The molecule has 1 aromatic rings. The monoisotopic (exact) mass is 435 g/mol. The maximum atomic E-state index is 12.0. The number of aliphatic imine (C=N–C) groups is 1. The molecule has 1 amide bonds. The summed E-state index contributed by atoms with van der Waals surface area (Å²) in [5.74, 6) is 1.02. The van der Waals surface area contributed by atoms with E-state index in [2.05, 4.69) is 28.5 Å². The van der Waals surface area contributed by atoms with E-state index in [1.807, 2.05) is 30.0 Å². The molecule has 2 aliphatic heterocycles. The highest BCUT2D eigenvalue weighted by molar-refractivity contribution is 6.30. The molecule has 0 saturated carbocycles. The van der Waals surface area contributed by atoms with Crippen LogP contribution in [0.2, 0.25) is 5.02 Å². The molecule has 8 heteroatoms. The van der Waals surface area contributed by atoms with E-state index in [1.54, 1.807) is 0 Å². The summed E-state index contributed by atoms with van der Waals surface area (Å²) in [6.45, 7) is 10.2. The van der Waals surface area contributed by atoms with Crippen molar-refractivity contribution in [3.05, 3.63) is 34.9 Å². The van der Waals surface area contributed by atoms with Crippen molar-refractivity contribution in [1.29, 1.82) is 0 Å². The molecule has 2 aliphatic rings. The van der Waals surface area contributed by atoms with Crippen molar-refractivity contribution in [2.45, 2.75) is 38.8 Å². The third-order valence-electron chi connectivity index (χ3n) is 5.67. The van der Waals surface area contributed by atoms with Crippen LogP contribution >= 0.6 is 11.6 Å². The molecule has 0 bridgehead atoms. The van der Waals surface area contributed by atoms with Crippen LogP contribution < -0.4 is 10.6 Å². The molecule has 2 unspecified atom stereocenters. The number of nitrogens with zero attached hydrogens (tertiary/aromatic N) is 3. The summed E-state index contributed by atoms with van der Waals surface area (Å²) in [6.07, 6.45) is 1.50. The number of morpholine rings is 1. The minimum absolute atomic E-state index is 0.143. The molecular weight excluding hydrogens is 402 g/mol. The van der Waals surface area contributed by atoms with Crippen LogP contribution in [-0.4, -0.2) is 80.2 Å². The highest BCUT2D eigenvalue weighted by atomic mass is 35.5. The molecule has 0 aromatic heterocycles. The van der Waals surface area contributed by atoms with Crippen molar-refractivity contribution in [2.75, 3.05) is 52.5 Å². The second-order valence-electron chi connectivity index (χ2n) is 7.76. The van der Waals surface area contributed by atoms with Crippen LogP contribution in [0.5, 0.6) is 0 Å². The number of hydrogen-bond acceptors (Lipinski definition) is 4. The van der Waals surface area contributed by atoms with Gasteiger partial charge in [0.25, 0.3) is 0 Å². The molecule has 2 N–H and O–H groups in total. The lowest BCUT2D eigenvalue weighted by atomic mass is 10.0. The summed E-state index contributed by atoms with van der Waals surface area (Å²) in [6, 6.07) is 8.42. The molecule has 2 fully saturated rings. The van der Waals surface area contributed by atoms with E-state index in [9.17, 15) is 4.79 Å². The summed E-state index contributed by atoms with van der Waals surface area (Å²) in [7, 11) is 0. The van der Waals surface area contributed by atoms with Crippen LogP contribution in [0.4, 0.5) is 0 Å². The fourth-order valence-electron chi connectivity index (χ4n) is 4.05. The van der Waals surface area contributed by atoms with Gasteiger partial charge in [-0.1, -0.05) is 30.7 Å². The second kappa shape index (κ2) is 11.5. The lowest BCUT2D eigenvalue weighted by molar-refractivity contribution is -0.129. The highest BCUT2D eigenvalue weighted by Gasteiger charge is 2.26. The first-order valence-electron chi connectivity index (χ1n) is 11.0. The Morgan fingerprint density at radius 1 is 1.30 bits per heavy atom. The number of rotatable bonds is 7. The van der Waals surface area contributed by atoms with Gasteiger partial charge in [0.15, 0.2) is 5.96 Å². The van der Waals surface area contributed by atoms with Gasteiger partial charge >= 0.3 is 0 Å². The van der Waals surface area contributed by atoms with Gasteiger partial charge in [-0.15, -0.1) is 0 Å². The lowest BCUT2D eigenvalue weighted by Crippen LogP contribution is -2.46. The van der Waals surface area contributed by atoms with Crippen molar-refractivity contribution in [2.24, 2.45) is 4.99 Å². The maximum absolute atomic E-state index is 12.0. The Bertz CT molecular complexity index is 723. The Hall–Kier alpha value is -1.83. The van der Waals surface area contributed by atoms with E-state index in [0.717, 1.165) is 63.3 Å². The zero-order valence-electron chi connectivity index (χ0n) is 18.1. The summed E-state index contributed by atoms with van der Waals surface area (Å²) in [5.41, 5.74) is 1.17. The third kappa shape index (κ3) is 6.33. The molecule has 2 atom stereocenters. The molecule has 0 radical (unpaired) electrons. The number of nitrogens with one attached hydrogen (secondary N) is 2. The predicted molar refractivity (Wildman–Crippen MR) is 121 cm³/mol. The second-order valence-corrected chi connectivity index (χ2v) is 8.20. The molecule has 0 spiro atoms. The number of carbonyl (C=O) groups excluding carboxylic acids is 1. The molecule has 7 nitrogen and oxygen atoms in total. The fourth-order valence-corrected chi connectivity index (χ4v) is 4.25. The van der Waals surface area contributed by atoms with Gasteiger partial charge < -0.3 is 20.3 Å². The summed E-state index contributed by atoms with van der Waals surface area (Å²) >= 11 is 6.27. The van der Waals surface area contributed by atoms with Crippen LogP contribution in [0.25, 0.3) is 0 Å². The normalized spacial score (nSPS) is 21.5. The molecule has 1 aromatic carbocycles. The highest BCUT2D eigenvalue weighted by Crippen LogP contribution is 2.25. The average Bonchev–Trinajstić information content (AvgIpc) is 3.23. The average molecular weight is 436 g/mol. The number of guanidine groups is 1. The van der Waals surface area contributed by atoms with Gasteiger partial charge in [-0.25, -0.2) is 0 Å². The zero-order chi connectivity index (χ0) is 21.3. The van der Waals surface area contributed by atoms with Gasteiger partial charge in [0.1, 0.15) is 0 Å². The molecule has 2 saturated heterocycles. The van der Waals surface area contributed by atoms with E-state index < -0.39 is 0 Å². The minimum Gasteiger partial charge on any atom is -0.379 e. The number of likely N-dealkylation sites (tertiary alicyclic amines) is 1. The Morgan fingerprint density at radius 3 is 2.80 bits per heavy atom. The fraction of sp³-hybridized carbons (Fsp3) is 0.636. The van der Waals surface area contributed by atoms with Crippen molar-refractivity contribution in [1.82, 2.24) is 20.4 Å². The molecule has 3 rings (SSSR count). The summed E-state index contributed by atoms with van der Waals surface area (Å²) < 4.78 is 5.54. The third-order valence-corrected chi connectivity index (χ3v) is 5.91. The van der Waals surface area contributed by atoms with E-state index in [0.29, 0.717) is 13.0 Å². The van der Waals surface area contributed by atoms with Gasteiger partial charge in [0.2, 0.25) is 5.91 Å². The first-order valence-corrected chi connectivity index (χ1v) is 11.4. The maximum Gasteiger partial charge on any atom is 0.222 e. The minimum atomic E-state index is 0.143. The van der Waals surface area contributed by atoms with Crippen LogP contribution in [-0.2, 0) is 9.53 Å². The molecule has 0 aliphatic carbocycles. The van der Waals surface area contributed by atoms with Gasteiger partial charge in [-0.3, -0.25) is 14.7 Å². The standard InChI is InChI=1S/C22H34ClN5O2/c1-3-21(29)28-9-8-19(16-28)26-22(24-4-2)25-15-20(27-10-12-30-13-11-27)17-6-5-7-18(23)14-17/h5-7,14,19-20H,3-4,8-13,15-16H2,1-2H3,(H2,24,25,26). The number of halogens is 1. The van der Waals surface area contributed by atoms with Crippen molar-refractivity contribution in [3.8, 4) is 0 Å². The Balaban J connectivity index is 1.70. The zero-order valence-corrected chi connectivity index (χ0v) is 18.8.